The molecular weight excluding hydrogens is 306 g/mol. The minimum atomic E-state index is -1.21. The zero-order chi connectivity index (χ0) is 15.8. The average molecular weight is 318 g/mol. The summed E-state index contributed by atoms with van der Waals surface area (Å²) in [5.74, 6) is -3.91. The van der Waals surface area contributed by atoms with Gasteiger partial charge in [0.2, 0.25) is 12.3 Å². The number of rotatable bonds is 8. The first-order valence-electron chi connectivity index (χ1n) is 5.69. The molecule has 0 heterocycles. The number of carbonyl (C=O) groups excluding carboxylic acids is 2. The Balaban J connectivity index is 2.41. The highest BCUT2D eigenvalue weighted by molar-refractivity contribution is 8.00. The van der Waals surface area contributed by atoms with Crippen LogP contribution in [0.2, 0.25) is 0 Å². The zero-order valence-corrected chi connectivity index (χ0v) is 11.5. The maximum atomic E-state index is 12.9. The Labute approximate surface area is 122 Å². The summed E-state index contributed by atoms with van der Waals surface area (Å²) in [7, 11) is 0. The van der Waals surface area contributed by atoms with Crippen LogP contribution in [0.15, 0.2) is 18.2 Å². The quantitative estimate of drug-likeness (QED) is 0.617. The summed E-state index contributed by atoms with van der Waals surface area (Å²) >= 11 is 0.982. The maximum absolute atomic E-state index is 12.9. The van der Waals surface area contributed by atoms with Gasteiger partial charge in [-0.05, 0) is 12.1 Å². The molecular formula is C12H12F2N2O4S. The van der Waals surface area contributed by atoms with Gasteiger partial charge < -0.3 is 15.7 Å². The van der Waals surface area contributed by atoms with Crippen molar-refractivity contribution < 1.29 is 28.3 Å². The number of hydrogen-bond acceptors (Lipinski definition) is 4. The second-order valence-corrected chi connectivity index (χ2v) is 4.90. The number of hydrogen-bond donors (Lipinski definition) is 3. The SMILES string of the molecule is O=CNC(CSCC(=O)Nc1ccc(F)c(F)c1)C(=O)O. The van der Waals surface area contributed by atoms with Crippen LogP contribution in [0, 0.1) is 11.6 Å². The Bertz CT molecular complexity index is 542. The molecule has 0 aliphatic carbocycles. The van der Waals surface area contributed by atoms with E-state index in [0.29, 0.717) is 0 Å². The van der Waals surface area contributed by atoms with E-state index in [1.54, 1.807) is 0 Å². The van der Waals surface area contributed by atoms with Gasteiger partial charge in [0, 0.05) is 17.5 Å². The summed E-state index contributed by atoms with van der Waals surface area (Å²) in [6.07, 6.45) is 0.265. The van der Waals surface area contributed by atoms with Crippen molar-refractivity contribution in [3.05, 3.63) is 29.8 Å². The lowest BCUT2D eigenvalue weighted by molar-refractivity contribution is -0.139. The Kier molecular flexibility index (Phi) is 6.60. The molecule has 0 spiro atoms. The summed E-state index contributed by atoms with van der Waals surface area (Å²) < 4.78 is 25.6. The van der Waals surface area contributed by atoms with Gasteiger partial charge >= 0.3 is 5.97 Å². The van der Waals surface area contributed by atoms with E-state index in [4.69, 9.17) is 5.11 Å². The smallest absolute Gasteiger partial charge is 0.327 e. The van der Waals surface area contributed by atoms with Crippen LogP contribution in [0.4, 0.5) is 14.5 Å². The van der Waals surface area contributed by atoms with Gasteiger partial charge in [0.25, 0.3) is 0 Å². The molecule has 0 radical (unpaired) electrons. The Morgan fingerprint density at radius 2 is 2.05 bits per heavy atom. The Morgan fingerprint density at radius 1 is 1.33 bits per heavy atom. The van der Waals surface area contributed by atoms with Crippen molar-refractivity contribution in [2.45, 2.75) is 6.04 Å². The lowest BCUT2D eigenvalue weighted by Crippen LogP contribution is -2.38. The van der Waals surface area contributed by atoms with Crippen molar-refractivity contribution in [3.8, 4) is 0 Å². The van der Waals surface area contributed by atoms with E-state index in [2.05, 4.69) is 10.6 Å². The molecule has 0 fully saturated rings. The minimum absolute atomic E-state index is 0.000722. The third-order valence-corrected chi connectivity index (χ3v) is 3.32. The standard InChI is InChI=1S/C12H12F2N2O4S/c13-8-2-1-7(3-9(8)14)16-11(18)5-21-4-10(12(19)20)15-6-17/h1-3,6,10H,4-5H2,(H,15,17)(H,16,18)(H,19,20). The van der Waals surface area contributed by atoms with Crippen molar-refractivity contribution in [1.82, 2.24) is 5.32 Å². The number of anilines is 1. The third-order valence-electron chi connectivity index (χ3n) is 2.29. The van der Waals surface area contributed by atoms with Crippen LogP contribution in [0.3, 0.4) is 0 Å². The van der Waals surface area contributed by atoms with Gasteiger partial charge in [0.1, 0.15) is 6.04 Å². The van der Waals surface area contributed by atoms with E-state index < -0.39 is 29.6 Å². The van der Waals surface area contributed by atoms with Gasteiger partial charge in [-0.25, -0.2) is 13.6 Å². The lowest BCUT2D eigenvalue weighted by Gasteiger charge is -2.10. The number of aliphatic carboxylic acids is 1. The molecule has 2 amide bonds. The largest absolute Gasteiger partial charge is 0.480 e. The molecule has 1 aromatic carbocycles. The summed E-state index contributed by atoms with van der Waals surface area (Å²) in [5.41, 5.74) is 0.0975. The normalized spacial score (nSPS) is 11.5. The van der Waals surface area contributed by atoms with Gasteiger partial charge in [-0.15, -0.1) is 11.8 Å². The number of carboxylic acids is 1. The summed E-state index contributed by atoms with van der Waals surface area (Å²) in [6.45, 7) is 0. The number of amides is 2. The van der Waals surface area contributed by atoms with Gasteiger partial charge in [-0.1, -0.05) is 0 Å². The van der Waals surface area contributed by atoms with Gasteiger partial charge in [-0.3, -0.25) is 9.59 Å². The second-order valence-electron chi connectivity index (χ2n) is 3.87. The first-order chi connectivity index (χ1) is 9.93. The molecule has 0 aliphatic rings. The molecule has 6 nitrogen and oxygen atoms in total. The number of carboxylic acid groups (broad SMARTS) is 1. The Morgan fingerprint density at radius 3 is 2.62 bits per heavy atom. The third kappa shape index (κ3) is 5.78. The molecule has 0 aromatic heterocycles. The lowest BCUT2D eigenvalue weighted by atomic mass is 10.3. The monoisotopic (exact) mass is 318 g/mol. The van der Waals surface area contributed by atoms with E-state index in [-0.39, 0.29) is 23.6 Å². The number of nitrogens with one attached hydrogen (secondary N) is 2. The summed E-state index contributed by atoms with van der Waals surface area (Å²) in [4.78, 5) is 32.4. The van der Waals surface area contributed by atoms with E-state index in [1.807, 2.05) is 0 Å². The van der Waals surface area contributed by atoms with Gasteiger partial charge in [-0.2, -0.15) is 0 Å². The van der Waals surface area contributed by atoms with Crippen molar-refractivity contribution in [2.24, 2.45) is 0 Å². The number of thioether (sulfide) groups is 1. The van der Waals surface area contributed by atoms with Crippen LogP contribution >= 0.6 is 11.8 Å². The van der Waals surface area contributed by atoms with E-state index in [1.165, 1.54) is 6.07 Å². The van der Waals surface area contributed by atoms with Crippen LogP contribution in [-0.4, -0.2) is 40.9 Å². The molecule has 0 saturated heterocycles. The van der Waals surface area contributed by atoms with Crippen molar-refractivity contribution in [1.29, 1.82) is 0 Å². The summed E-state index contributed by atoms with van der Waals surface area (Å²) in [5, 5.41) is 13.2. The Hall–Kier alpha value is -2.16. The molecule has 21 heavy (non-hydrogen) atoms. The molecule has 1 aromatic rings. The first kappa shape index (κ1) is 16.9. The second kappa shape index (κ2) is 8.20. The topological polar surface area (TPSA) is 95.5 Å². The van der Waals surface area contributed by atoms with Crippen LogP contribution in [0.25, 0.3) is 0 Å². The van der Waals surface area contributed by atoms with Gasteiger partial charge in [0.05, 0.1) is 5.75 Å². The maximum Gasteiger partial charge on any atom is 0.327 e. The molecule has 114 valence electrons. The van der Waals surface area contributed by atoms with E-state index in [9.17, 15) is 23.2 Å². The highest BCUT2D eigenvalue weighted by Crippen LogP contribution is 2.13. The average Bonchev–Trinajstić information content (AvgIpc) is 2.42. The molecule has 3 N–H and O–H groups in total. The van der Waals surface area contributed by atoms with Crippen LogP contribution in [-0.2, 0) is 14.4 Å². The fourth-order valence-electron chi connectivity index (χ4n) is 1.31. The van der Waals surface area contributed by atoms with E-state index in [0.717, 1.165) is 23.9 Å². The predicted octanol–water partition coefficient (Wildman–Crippen LogP) is 0.836. The van der Waals surface area contributed by atoms with Crippen molar-refractivity contribution >= 4 is 35.7 Å². The van der Waals surface area contributed by atoms with E-state index >= 15 is 0 Å². The van der Waals surface area contributed by atoms with Gasteiger partial charge in [0.15, 0.2) is 11.6 Å². The number of carbonyl (C=O) groups is 3. The fraction of sp³-hybridized carbons (Fsp3) is 0.250. The number of benzene rings is 1. The molecule has 1 atom stereocenters. The molecule has 0 aliphatic heterocycles. The molecule has 0 saturated carbocycles. The number of halogens is 2. The fourth-order valence-corrected chi connectivity index (χ4v) is 2.16. The van der Waals surface area contributed by atoms with Crippen LogP contribution < -0.4 is 10.6 Å². The molecule has 9 heteroatoms. The van der Waals surface area contributed by atoms with Crippen molar-refractivity contribution in [3.63, 3.8) is 0 Å². The van der Waals surface area contributed by atoms with Crippen LogP contribution in [0.5, 0.6) is 0 Å². The zero-order valence-electron chi connectivity index (χ0n) is 10.6. The van der Waals surface area contributed by atoms with Crippen molar-refractivity contribution in [2.75, 3.05) is 16.8 Å². The minimum Gasteiger partial charge on any atom is -0.480 e. The highest BCUT2D eigenvalue weighted by Gasteiger charge is 2.16. The molecule has 1 rings (SSSR count). The van der Waals surface area contributed by atoms with Crippen LogP contribution in [0.1, 0.15) is 0 Å². The molecule has 1 unspecified atom stereocenters. The predicted molar refractivity (Wildman–Crippen MR) is 72.9 cm³/mol. The summed E-state index contributed by atoms with van der Waals surface area (Å²) in [6, 6.07) is 1.83. The molecule has 0 bridgehead atoms. The first-order valence-corrected chi connectivity index (χ1v) is 6.84. The highest BCUT2D eigenvalue weighted by atomic mass is 32.2.